The Bertz CT molecular complexity index is 1090. The fraction of sp³-hybridized carbons (Fsp3) is 0.182. The zero-order valence-electron chi connectivity index (χ0n) is 15.1. The van der Waals surface area contributed by atoms with Crippen molar-refractivity contribution in [2.75, 3.05) is 0 Å². The molecule has 0 saturated heterocycles. The Morgan fingerprint density at radius 2 is 1.68 bits per heavy atom. The van der Waals surface area contributed by atoms with Crippen LogP contribution in [0.25, 0.3) is 27.7 Å². The minimum Gasteiger partial charge on any atom is -0.268 e. The lowest BCUT2D eigenvalue weighted by Crippen LogP contribution is -2.35. The van der Waals surface area contributed by atoms with Crippen LogP contribution in [0.2, 0.25) is 0 Å². The third kappa shape index (κ3) is 2.62. The summed E-state index contributed by atoms with van der Waals surface area (Å²) in [4.78, 5) is 0. The summed E-state index contributed by atoms with van der Waals surface area (Å²) >= 11 is 0. The maximum Gasteiger partial charge on any atom is 0.214 e. The summed E-state index contributed by atoms with van der Waals surface area (Å²) in [7, 11) is 1.99. The third-order valence-electron chi connectivity index (χ3n) is 4.89. The summed E-state index contributed by atoms with van der Waals surface area (Å²) in [5.74, 6) is 0. The zero-order chi connectivity index (χ0) is 17.6. The molecule has 4 rings (SSSR count). The summed E-state index contributed by atoms with van der Waals surface area (Å²) in [5, 5.41) is 6.85. The molecule has 0 saturated carbocycles. The first-order chi connectivity index (χ1) is 12.0. The average Bonchev–Trinajstić information content (AvgIpc) is 3.02. The molecule has 0 atom stereocenters. The monoisotopic (exact) mass is 328 g/mol. The van der Waals surface area contributed by atoms with Crippen LogP contribution in [-0.2, 0) is 7.05 Å². The quantitative estimate of drug-likeness (QED) is 0.499. The Morgan fingerprint density at radius 1 is 0.920 bits per heavy atom. The van der Waals surface area contributed by atoms with Crippen LogP contribution < -0.4 is 4.57 Å². The number of hydrogen-bond donors (Lipinski definition) is 0. The molecule has 25 heavy (non-hydrogen) atoms. The molecule has 2 heterocycles. The first-order valence-electron chi connectivity index (χ1n) is 8.55. The Hall–Kier alpha value is -2.94. The van der Waals surface area contributed by atoms with E-state index in [9.17, 15) is 0 Å². The van der Waals surface area contributed by atoms with E-state index in [-0.39, 0.29) is 0 Å². The highest BCUT2D eigenvalue weighted by Gasteiger charge is 2.19. The molecule has 0 aliphatic rings. The van der Waals surface area contributed by atoms with Gasteiger partial charge in [-0.05, 0) is 43.0 Å². The molecule has 0 aliphatic heterocycles. The lowest BCUT2D eigenvalue weighted by molar-refractivity contribution is -0.601. The van der Waals surface area contributed by atoms with Gasteiger partial charge < -0.3 is 0 Å². The molecule has 124 valence electrons. The molecule has 3 heteroatoms. The highest BCUT2D eigenvalue weighted by Crippen LogP contribution is 2.27. The van der Waals surface area contributed by atoms with Crippen LogP contribution in [0.15, 0.2) is 60.9 Å². The Balaban J connectivity index is 1.99. The number of pyridine rings is 1. The van der Waals surface area contributed by atoms with Crippen molar-refractivity contribution in [1.29, 1.82) is 0 Å². The van der Waals surface area contributed by atoms with Crippen molar-refractivity contribution in [3.63, 3.8) is 0 Å². The van der Waals surface area contributed by atoms with Crippen LogP contribution in [0.4, 0.5) is 0 Å². The maximum absolute atomic E-state index is 4.33. The van der Waals surface area contributed by atoms with Crippen LogP contribution in [0.1, 0.15) is 16.8 Å². The van der Waals surface area contributed by atoms with Gasteiger partial charge in [-0.3, -0.25) is 4.68 Å². The van der Waals surface area contributed by atoms with Crippen molar-refractivity contribution in [3.8, 4) is 16.9 Å². The van der Waals surface area contributed by atoms with E-state index < -0.39 is 0 Å². The summed E-state index contributed by atoms with van der Waals surface area (Å²) in [5.41, 5.74) is 7.33. The van der Waals surface area contributed by atoms with Gasteiger partial charge in [0.1, 0.15) is 0 Å². The van der Waals surface area contributed by atoms with Crippen LogP contribution >= 0.6 is 0 Å². The molecule has 3 nitrogen and oxygen atoms in total. The second-order valence-corrected chi connectivity index (χ2v) is 6.71. The first kappa shape index (κ1) is 15.6. The third-order valence-corrected chi connectivity index (χ3v) is 4.89. The Kier molecular flexibility index (Phi) is 3.65. The number of rotatable bonds is 2. The molecular formula is C22H22N3+. The van der Waals surface area contributed by atoms with E-state index in [4.69, 9.17) is 0 Å². The molecule has 0 radical (unpaired) electrons. The highest BCUT2D eigenvalue weighted by molar-refractivity contribution is 5.81. The molecule has 0 unspecified atom stereocenters. The van der Waals surface area contributed by atoms with Crippen molar-refractivity contribution in [3.05, 3.63) is 77.7 Å². The number of aryl methyl sites for hydroxylation is 3. The molecule has 0 bridgehead atoms. The number of hydrogen-bond acceptors (Lipinski definition) is 1. The van der Waals surface area contributed by atoms with E-state index in [0.717, 1.165) is 5.69 Å². The summed E-state index contributed by atoms with van der Waals surface area (Å²) in [6, 6.07) is 17.3. The van der Waals surface area contributed by atoms with Gasteiger partial charge in [0.25, 0.3) is 0 Å². The molecule has 0 fully saturated rings. The fourth-order valence-corrected chi connectivity index (χ4v) is 3.55. The van der Waals surface area contributed by atoms with E-state index in [1.54, 1.807) is 0 Å². The fourth-order valence-electron chi connectivity index (χ4n) is 3.55. The van der Waals surface area contributed by atoms with Crippen molar-refractivity contribution in [2.45, 2.75) is 20.8 Å². The van der Waals surface area contributed by atoms with Gasteiger partial charge in [0.05, 0.1) is 5.69 Å². The van der Waals surface area contributed by atoms with E-state index >= 15 is 0 Å². The van der Waals surface area contributed by atoms with E-state index in [1.165, 1.54) is 38.8 Å². The van der Waals surface area contributed by atoms with Crippen LogP contribution in [-0.4, -0.2) is 9.78 Å². The van der Waals surface area contributed by atoms with Gasteiger partial charge in [0.2, 0.25) is 5.69 Å². The van der Waals surface area contributed by atoms with E-state index in [1.807, 2.05) is 17.9 Å². The van der Waals surface area contributed by atoms with Crippen LogP contribution in [0.5, 0.6) is 0 Å². The van der Waals surface area contributed by atoms with Gasteiger partial charge in [0.15, 0.2) is 11.9 Å². The lowest BCUT2D eigenvalue weighted by Gasteiger charge is -2.11. The summed E-state index contributed by atoms with van der Waals surface area (Å²) < 4.78 is 4.23. The summed E-state index contributed by atoms with van der Waals surface area (Å²) in [6.45, 7) is 6.51. The molecule has 0 amide bonds. The lowest BCUT2D eigenvalue weighted by atomic mass is 9.99. The number of nitrogens with zero attached hydrogens (tertiary/aromatic N) is 3. The SMILES string of the molecule is Cc1cc(-c2ccnn2C)c(C)c(-[n+]2cc3ccccc3cc2C)c1. The second kappa shape index (κ2) is 5.85. The van der Waals surface area contributed by atoms with Crippen LogP contribution in [0.3, 0.4) is 0 Å². The van der Waals surface area contributed by atoms with Gasteiger partial charge in [-0.1, -0.05) is 18.2 Å². The molecule has 0 N–H and O–H groups in total. The normalized spacial score (nSPS) is 11.2. The number of benzene rings is 2. The zero-order valence-corrected chi connectivity index (χ0v) is 15.1. The van der Waals surface area contributed by atoms with Crippen molar-refractivity contribution in [1.82, 2.24) is 9.78 Å². The van der Waals surface area contributed by atoms with Gasteiger partial charge >= 0.3 is 0 Å². The van der Waals surface area contributed by atoms with Crippen molar-refractivity contribution >= 4 is 10.8 Å². The minimum atomic E-state index is 1.14. The Morgan fingerprint density at radius 3 is 2.40 bits per heavy atom. The van der Waals surface area contributed by atoms with Gasteiger partial charge in [0, 0.05) is 48.8 Å². The topological polar surface area (TPSA) is 21.7 Å². The second-order valence-electron chi connectivity index (χ2n) is 6.71. The van der Waals surface area contributed by atoms with Gasteiger partial charge in [-0.2, -0.15) is 9.67 Å². The van der Waals surface area contributed by atoms with E-state index in [2.05, 4.69) is 85.2 Å². The van der Waals surface area contributed by atoms with Gasteiger partial charge in [-0.15, -0.1) is 0 Å². The predicted molar refractivity (Wildman–Crippen MR) is 102 cm³/mol. The molecule has 0 spiro atoms. The average molecular weight is 328 g/mol. The number of fused-ring (bicyclic) bond motifs is 1. The standard InChI is InChI=1S/C22H22N3/c1-15-11-20(21-9-10-23-24(21)4)17(3)22(12-15)25-14-19-8-6-5-7-18(19)13-16(25)2/h5-14H,1-4H3/q+1. The molecular weight excluding hydrogens is 306 g/mol. The summed E-state index contributed by atoms with van der Waals surface area (Å²) in [6.07, 6.45) is 4.09. The molecule has 0 aliphatic carbocycles. The largest absolute Gasteiger partial charge is 0.268 e. The predicted octanol–water partition coefficient (Wildman–Crippen LogP) is 4.44. The van der Waals surface area contributed by atoms with Crippen molar-refractivity contribution < 1.29 is 4.57 Å². The van der Waals surface area contributed by atoms with Gasteiger partial charge in [-0.25, -0.2) is 0 Å². The van der Waals surface area contributed by atoms with Crippen LogP contribution in [0, 0.1) is 20.8 Å². The molecule has 2 aromatic heterocycles. The molecule has 2 aromatic carbocycles. The van der Waals surface area contributed by atoms with Crippen molar-refractivity contribution in [2.24, 2.45) is 7.05 Å². The smallest absolute Gasteiger partial charge is 0.214 e. The highest BCUT2D eigenvalue weighted by atomic mass is 15.3. The first-order valence-corrected chi connectivity index (χ1v) is 8.55. The van der Waals surface area contributed by atoms with E-state index in [0.29, 0.717) is 0 Å². The Labute approximate surface area is 148 Å². The maximum atomic E-state index is 4.33. The molecule has 4 aromatic rings. The minimum absolute atomic E-state index is 1.14. The number of aromatic nitrogens is 3.